The zero-order chi connectivity index (χ0) is 41.1. The number of aliphatic hydroxyl groups excluding tert-OH is 8. The zero-order valence-electron chi connectivity index (χ0n) is 35.0. The lowest BCUT2D eigenvalue weighted by molar-refractivity contribution is -0.367. The standard InChI is InChI=1S/C43H72O13/c1-21-29(47)34(56-36-32(50)31(49)30(48)25(19-44)54-36)33(51)37(53-21)55-28-11-12-40(6)26(39(28,4)5)10-13-41(7)35(40)24(52-9)16-22-23-17-38(2,3)14-15-43(23,20-45)27(46)18-42(22,41)8/h16,21,23-37,44-51H,10-15,17-20H2,1-9H3/t21-,23?,24?,25-,26?,27?,28+,29+,30-,31+,32-,33-,34+,35?,36+,37+,40+,41-,42-,43?/m1/s1. The summed E-state index contributed by atoms with van der Waals surface area (Å²) in [6.07, 6.45) is -5.92. The maximum Gasteiger partial charge on any atom is 0.187 e. The maximum atomic E-state index is 12.1. The molecule has 0 bridgehead atoms. The fraction of sp³-hybridized carbons (Fsp3) is 0.953. The molecule has 2 saturated heterocycles. The van der Waals surface area contributed by atoms with Crippen LogP contribution in [0.1, 0.15) is 107 Å². The summed E-state index contributed by atoms with van der Waals surface area (Å²) in [4.78, 5) is 0. The van der Waals surface area contributed by atoms with Gasteiger partial charge < -0.3 is 64.5 Å². The summed E-state index contributed by atoms with van der Waals surface area (Å²) in [5.74, 6) is 0.413. The molecule has 0 aromatic heterocycles. The highest BCUT2D eigenvalue weighted by Gasteiger charge is 2.72. The van der Waals surface area contributed by atoms with Crippen molar-refractivity contribution in [1.82, 2.24) is 0 Å². The molecule has 5 aliphatic carbocycles. The molecule has 6 unspecified atom stereocenters. The minimum Gasteiger partial charge on any atom is -0.396 e. The van der Waals surface area contributed by atoms with E-state index in [1.165, 1.54) is 5.57 Å². The summed E-state index contributed by atoms with van der Waals surface area (Å²) in [6, 6.07) is 0. The molecule has 20 atom stereocenters. The van der Waals surface area contributed by atoms with E-state index in [2.05, 4.69) is 54.5 Å². The van der Waals surface area contributed by atoms with Crippen LogP contribution in [0, 0.1) is 50.2 Å². The van der Waals surface area contributed by atoms with Crippen LogP contribution in [0.3, 0.4) is 0 Å². The summed E-state index contributed by atoms with van der Waals surface area (Å²) in [5.41, 5.74) is -0.117. The number of fused-ring (bicyclic) bond motifs is 7. The van der Waals surface area contributed by atoms with Crippen LogP contribution in [-0.4, -0.2) is 141 Å². The molecule has 322 valence electrons. The van der Waals surface area contributed by atoms with Crippen molar-refractivity contribution in [2.75, 3.05) is 20.3 Å². The Bertz CT molecular complexity index is 1470. The van der Waals surface area contributed by atoms with Gasteiger partial charge in [0.25, 0.3) is 0 Å². The first-order chi connectivity index (χ1) is 26.1. The van der Waals surface area contributed by atoms with Crippen LogP contribution in [0.5, 0.6) is 0 Å². The zero-order valence-corrected chi connectivity index (χ0v) is 35.0. The van der Waals surface area contributed by atoms with Gasteiger partial charge in [-0.1, -0.05) is 60.1 Å². The third kappa shape index (κ3) is 6.26. The van der Waals surface area contributed by atoms with Gasteiger partial charge in [-0.2, -0.15) is 0 Å². The van der Waals surface area contributed by atoms with Gasteiger partial charge in [0.05, 0.1) is 37.6 Å². The van der Waals surface area contributed by atoms with E-state index in [9.17, 15) is 40.9 Å². The normalized spacial score (nSPS) is 55.2. The third-order valence-corrected chi connectivity index (χ3v) is 17.5. The highest BCUT2D eigenvalue weighted by Crippen LogP contribution is 2.76. The summed E-state index contributed by atoms with van der Waals surface area (Å²) in [6.45, 7) is 17.3. The molecule has 2 aliphatic heterocycles. The topological polar surface area (TPSA) is 208 Å². The highest BCUT2D eigenvalue weighted by atomic mass is 16.7. The molecule has 13 heteroatoms. The molecular weight excluding hydrogens is 724 g/mol. The number of ether oxygens (including phenoxy) is 5. The Morgan fingerprint density at radius 2 is 1.43 bits per heavy atom. The fourth-order valence-corrected chi connectivity index (χ4v) is 14.0. The van der Waals surface area contributed by atoms with Gasteiger partial charge in [0, 0.05) is 18.4 Å². The molecule has 4 saturated carbocycles. The highest BCUT2D eigenvalue weighted by molar-refractivity contribution is 5.37. The van der Waals surface area contributed by atoms with Crippen LogP contribution >= 0.6 is 0 Å². The average Bonchev–Trinajstić information content (AvgIpc) is 3.13. The van der Waals surface area contributed by atoms with Crippen LogP contribution in [0.15, 0.2) is 11.6 Å². The van der Waals surface area contributed by atoms with E-state index in [0.717, 1.165) is 38.5 Å². The Morgan fingerprint density at radius 1 is 0.750 bits per heavy atom. The van der Waals surface area contributed by atoms with Gasteiger partial charge in [0.15, 0.2) is 12.6 Å². The van der Waals surface area contributed by atoms with E-state index in [1.807, 2.05) is 7.11 Å². The molecule has 56 heavy (non-hydrogen) atoms. The summed E-state index contributed by atoms with van der Waals surface area (Å²) >= 11 is 0. The minimum absolute atomic E-state index is 0.0206. The minimum atomic E-state index is -1.70. The van der Waals surface area contributed by atoms with Crippen molar-refractivity contribution in [3.63, 3.8) is 0 Å². The third-order valence-electron chi connectivity index (χ3n) is 17.5. The molecule has 7 aliphatic rings. The largest absolute Gasteiger partial charge is 0.396 e. The van der Waals surface area contributed by atoms with Gasteiger partial charge >= 0.3 is 0 Å². The first-order valence-electron chi connectivity index (χ1n) is 21.2. The van der Waals surface area contributed by atoms with Crippen molar-refractivity contribution in [2.45, 2.75) is 186 Å². The second kappa shape index (κ2) is 14.7. The lowest BCUT2D eigenvalue weighted by Gasteiger charge is -2.73. The number of allylic oxidation sites excluding steroid dienone is 1. The number of aliphatic hydroxyl groups is 8. The molecule has 8 N–H and O–H groups in total. The van der Waals surface area contributed by atoms with E-state index in [-0.39, 0.29) is 63.6 Å². The van der Waals surface area contributed by atoms with Gasteiger partial charge in [-0.15, -0.1) is 0 Å². The maximum absolute atomic E-state index is 12.1. The van der Waals surface area contributed by atoms with Crippen LogP contribution in [0.2, 0.25) is 0 Å². The molecule has 6 fully saturated rings. The second-order valence-corrected chi connectivity index (χ2v) is 21.2. The number of hydrogen-bond donors (Lipinski definition) is 8. The van der Waals surface area contributed by atoms with Crippen LogP contribution in [-0.2, 0) is 23.7 Å². The monoisotopic (exact) mass is 796 g/mol. The predicted octanol–water partition coefficient (Wildman–Crippen LogP) is 2.41. The smallest absolute Gasteiger partial charge is 0.187 e. The summed E-state index contributed by atoms with van der Waals surface area (Å²) in [7, 11) is 1.82. The summed E-state index contributed by atoms with van der Waals surface area (Å²) in [5, 5.41) is 86.7. The second-order valence-electron chi connectivity index (χ2n) is 21.2. The Morgan fingerprint density at radius 3 is 2.07 bits per heavy atom. The molecule has 0 aromatic rings. The lowest BCUT2D eigenvalue weighted by atomic mass is 9.33. The average molecular weight is 797 g/mol. The first-order valence-corrected chi connectivity index (χ1v) is 21.2. The van der Waals surface area contributed by atoms with Gasteiger partial charge in [-0.25, -0.2) is 0 Å². The van der Waals surface area contributed by atoms with Gasteiger partial charge in [0.1, 0.15) is 42.7 Å². The number of hydrogen-bond acceptors (Lipinski definition) is 13. The van der Waals surface area contributed by atoms with Crippen molar-refractivity contribution in [1.29, 1.82) is 0 Å². The molecular formula is C43H72O13. The SMILES string of the molecule is COC1C=C2C3CC(C)(C)CCC3(CO)C(O)C[C@@]2(C)[C@]2(C)CCC3C(C)(C)[C@@H](O[C@@H]4O[C@H](C)[C@H](O)[C@H](O[C@@H]5O[C@H](CO)[C@@H](O)[C@H](O)[C@H]5O)[C@H]4O)CC[C@]3(C)C12. The van der Waals surface area contributed by atoms with E-state index in [0.29, 0.717) is 12.8 Å². The van der Waals surface area contributed by atoms with Crippen molar-refractivity contribution in [2.24, 2.45) is 50.2 Å². The molecule has 0 radical (unpaired) electrons. The van der Waals surface area contributed by atoms with Crippen LogP contribution in [0.4, 0.5) is 0 Å². The molecule has 0 spiro atoms. The number of rotatable bonds is 7. The van der Waals surface area contributed by atoms with Crippen molar-refractivity contribution in [3.8, 4) is 0 Å². The van der Waals surface area contributed by atoms with E-state index >= 15 is 0 Å². The Balaban J connectivity index is 1.15. The molecule has 2 heterocycles. The van der Waals surface area contributed by atoms with E-state index < -0.39 is 79.5 Å². The van der Waals surface area contributed by atoms with Gasteiger partial charge in [-0.05, 0) is 97.2 Å². The van der Waals surface area contributed by atoms with Crippen molar-refractivity contribution >= 4 is 0 Å². The Hall–Kier alpha value is -0.780. The summed E-state index contributed by atoms with van der Waals surface area (Å²) < 4.78 is 30.8. The van der Waals surface area contributed by atoms with Crippen molar-refractivity contribution in [3.05, 3.63) is 11.6 Å². The Labute approximate surface area is 332 Å². The van der Waals surface area contributed by atoms with E-state index in [4.69, 9.17) is 23.7 Å². The first kappa shape index (κ1) is 43.3. The Kier molecular flexibility index (Phi) is 11.4. The molecule has 13 nitrogen and oxygen atoms in total. The molecule has 0 amide bonds. The van der Waals surface area contributed by atoms with Gasteiger partial charge in [-0.3, -0.25) is 0 Å². The fourth-order valence-electron chi connectivity index (χ4n) is 14.0. The quantitative estimate of drug-likeness (QED) is 0.138. The predicted molar refractivity (Wildman–Crippen MR) is 204 cm³/mol. The van der Waals surface area contributed by atoms with Crippen molar-refractivity contribution < 1.29 is 64.5 Å². The van der Waals surface area contributed by atoms with Gasteiger partial charge in [0.2, 0.25) is 0 Å². The molecule has 0 aromatic carbocycles. The van der Waals surface area contributed by atoms with Crippen LogP contribution in [0.25, 0.3) is 0 Å². The molecule has 7 rings (SSSR count). The van der Waals surface area contributed by atoms with Crippen LogP contribution < -0.4 is 0 Å². The number of methoxy groups -OCH3 is 1. The van der Waals surface area contributed by atoms with E-state index in [1.54, 1.807) is 6.92 Å². The lowest BCUT2D eigenvalue weighted by Crippen LogP contribution is -2.69.